The molecule has 0 saturated heterocycles. The van der Waals surface area contributed by atoms with E-state index in [0.717, 1.165) is 0 Å². The lowest BCUT2D eigenvalue weighted by molar-refractivity contribution is 0.818. The highest BCUT2D eigenvalue weighted by Gasteiger charge is 1.93. The Balaban J connectivity index is 0. The van der Waals surface area contributed by atoms with Crippen molar-refractivity contribution >= 4 is 24.8 Å². The lowest BCUT2D eigenvalue weighted by atomic mass is 10.1. The number of halogens is 2. The van der Waals surface area contributed by atoms with Crippen molar-refractivity contribution in [3.63, 3.8) is 0 Å². The third kappa shape index (κ3) is 4.25. The Bertz CT molecular complexity index is 175. The van der Waals surface area contributed by atoms with Crippen LogP contribution in [0.3, 0.4) is 0 Å². The van der Waals surface area contributed by atoms with Crippen LogP contribution in [0.1, 0.15) is 18.5 Å². The molecule has 0 aliphatic heterocycles. The summed E-state index contributed by atoms with van der Waals surface area (Å²) in [6.07, 6.45) is 0. The van der Waals surface area contributed by atoms with Gasteiger partial charge in [0.25, 0.3) is 0 Å². The highest BCUT2D eigenvalue weighted by atomic mass is 35.5. The topological polar surface area (TPSA) is 26.0 Å². The molecule has 0 heterocycles. The predicted octanol–water partition coefficient (Wildman–Crippen LogP) is 2.55. The van der Waals surface area contributed by atoms with Crippen molar-refractivity contribution in [3.8, 4) is 0 Å². The molecule has 64 valence electrons. The summed E-state index contributed by atoms with van der Waals surface area (Å²) < 4.78 is 0. The number of rotatable bonds is 1. The van der Waals surface area contributed by atoms with Crippen LogP contribution in [0.15, 0.2) is 30.3 Å². The maximum atomic E-state index is 5.61. The molecule has 1 nitrogen and oxygen atoms in total. The SMILES string of the molecule is C[C@H](N)c1ccccc1.Cl.Cl. The summed E-state index contributed by atoms with van der Waals surface area (Å²) in [6, 6.07) is 10.2. The normalized spacial score (nSPS) is 10.7. The first-order valence-corrected chi connectivity index (χ1v) is 3.11. The average Bonchev–Trinajstić information content (AvgIpc) is 1.90. The predicted molar refractivity (Wildman–Crippen MR) is 53.5 cm³/mol. The van der Waals surface area contributed by atoms with E-state index in [-0.39, 0.29) is 30.9 Å². The Hall–Kier alpha value is -0.240. The van der Waals surface area contributed by atoms with Crippen molar-refractivity contribution in [2.24, 2.45) is 5.73 Å². The molecule has 1 aromatic rings. The fourth-order valence-corrected chi connectivity index (χ4v) is 0.757. The summed E-state index contributed by atoms with van der Waals surface area (Å²) in [6.45, 7) is 1.98. The van der Waals surface area contributed by atoms with Crippen LogP contribution in [0.4, 0.5) is 0 Å². The van der Waals surface area contributed by atoms with Gasteiger partial charge in [-0.05, 0) is 12.5 Å². The van der Waals surface area contributed by atoms with Crippen LogP contribution < -0.4 is 5.73 Å². The van der Waals surface area contributed by atoms with Crippen molar-refractivity contribution in [1.29, 1.82) is 0 Å². The molecular weight excluding hydrogens is 181 g/mol. The highest BCUT2D eigenvalue weighted by Crippen LogP contribution is 2.06. The summed E-state index contributed by atoms with van der Waals surface area (Å²) in [5, 5.41) is 0. The molecule has 0 saturated carbocycles. The molecule has 0 amide bonds. The molecule has 1 aromatic carbocycles. The van der Waals surface area contributed by atoms with Crippen molar-refractivity contribution in [2.45, 2.75) is 13.0 Å². The second-order valence-electron chi connectivity index (χ2n) is 2.20. The Morgan fingerprint density at radius 1 is 1.09 bits per heavy atom. The molecule has 0 aliphatic rings. The lowest BCUT2D eigenvalue weighted by Crippen LogP contribution is -2.03. The van der Waals surface area contributed by atoms with Gasteiger partial charge in [0.1, 0.15) is 0 Å². The van der Waals surface area contributed by atoms with E-state index >= 15 is 0 Å². The van der Waals surface area contributed by atoms with E-state index < -0.39 is 0 Å². The largest absolute Gasteiger partial charge is 0.324 e. The van der Waals surface area contributed by atoms with E-state index in [2.05, 4.69) is 0 Å². The summed E-state index contributed by atoms with van der Waals surface area (Å²) in [5.74, 6) is 0. The van der Waals surface area contributed by atoms with Gasteiger partial charge in [0, 0.05) is 6.04 Å². The van der Waals surface area contributed by atoms with Gasteiger partial charge in [-0.2, -0.15) is 0 Å². The van der Waals surface area contributed by atoms with E-state index in [9.17, 15) is 0 Å². The standard InChI is InChI=1S/C8H11N.2ClH/c1-7(9)8-5-3-2-4-6-8;;/h2-7H,9H2,1H3;2*1H/t7-;;/m0../s1. The van der Waals surface area contributed by atoms with Crippen LogP contribution in [0, 0.1) is 0 Å². The van der Waals surface area contributed by atoms with Crippen LogP contribution in [0.5, 0.6) is 0 Å². The molecule has 0 bridgehead atoms. The van der Waals surface area contributed by atoms with Gasteiger partial charge in [-0.25, -0.2) is 0 Å². The molecule has 0 spiro atoms. The molecule has 1 atom stereocenters. The smallest absolute Gasteiger partial charge is 0.0266 e. The zero-order valence-electron chi connectivity index (χ0n) is 6.36. The molecule has 0 radical (unpaired) electrons. The molecule has 0 unspecified atom stereocenters. The molecule has 1 rings (SSSR count). The van der Waals surface area contributed by atoms with Crippen molar-refractivity contribution in [3.05, 3.63) is 35.9 Å². The maximum Gasteiger partial charge on any atom is 0.0266 e. The van der Waals surface area contributed by atoms with Crippen molar-refractivity contribution in [2.75, 3.05) is 0 Å². The van der Waals surface area contributed by atoms with Gasteiger partial charge >= 0.3 is 0 Å². The van der Waals surface area contributed by atoms with Gasteiger partial charge in [-0.3, -0.25) is 0 Å². The zero-order chi connectivity index (χ0) is 6.69. The molecular formula is C8H13Cl2N. The lowest BCUT2D eigenvalue weighted by Gasteiger charge is -2.02. The maximum absolute atomic E-state index is 5.61. The van der Waals surface area contributed by atoms with E-state index in [0.29, 0.717) is 0 Å². The first kappa shape index (κ1) is 13.4. The Morgan fingerprint density at radius 3 is 1.82 bits per heavy atom. The fourth-order valence-electron chi connectivity index (χ4n) is 0.757. The second kappa shape index (κ2) is 6.47. The van der Waals surface area contributed by atoms with Crippen LogP contribution in [0.2, 0.25) is 0 Å². The van der Waals surface area contributed by atoms with E-state index in [1.807, 2.05) is 37.3 Å². The Kier molecular flexibility index (Phi) is 7.85. The monoisotopic (exact) mass is 193 g/mol. The third-order valence-electron chi connectivity index (χ3n) is 1.33. The third-order valence-corrected chi connectivity index (χ3v) is 1.33. The summed E-state index contributed by atoms with van der Waals surface area (Å²) in [5.41, 5.74) is 6.81. The van der Waals surface area contributed by atoms with E-state index in [1.54, 1.807) is 0 Å². The van der Waals surface area contributed by atoms with Gasteiger partial charge in [0.05, 0.1) is 0 Å². The molecule has 0 aromatic heterocycles. The summed E-state index contributed by atoms with van der Waals surface area (Å²) >= 11 is 0. The van der Waals surface area contributed by atoms with Crippen LogP contribution in [0.25, 0.3) is 0 Å². The summed E-state index contributed by atoms with van der Waals surface area (Å²) in [4.78, 5) is 0. The van der Waals surface area contributed by atoms with Gasteiger partial charge in [0.2, 0.25) is 0 Å². The quantitative estimate of drug-likeness (QED) is 0.730. The minimum absolute atomic E-state index is 0. The first-order valence-electron chi connectivity index (χ1n) is 3.11. The van der Waals surface area contributed by atoms with Crippen LogP contribution >= 0.6 is 24.8 Å². The Labute approximate surface area is 79.8 Å². The molecule has 11 heavy (non-hydrogen) atoms. The molecule has 2 N–H and O–H groups in total. The van der Waals surface area contributed by atoms with Crippen LogP contribution in [-0.2, 0) is 0 Å². The number of nitrogens with two attached hydrogens (primary N) is 1. The highest BCUT2D eigenvalue weighted by molar-refractivity contribution is 5.85. The van der Waals surface area contributed by atoms with Gasteiger partial charge < -0.3 is 5.73 Å². The average molecular weight is 194 g/mol. The van der Waals surface area contributed by atoms with Crippen molar-refractivity contribution in [1.82, 2.24) is 0 Å². The number of benzene rings is 1. The van der Waals surface area contributed by atoms with E-state index in [4.69, 9.17) is 5.73 Å². The van der Waals surface area contributed by atoms with E-state index in [1.165, 1.54) is 5.56 Å². The summed E-state index contributed by atoms with van der Waals surface area (Å²) in [7, 11) is 0. The second-order valence-corrected chi connectivity index (χ2v) is 2.20. The molecule has 0 fully saturated rings. The fraction of sp³-hybridized carbons (Fsp3) is 0.250. The van der Waals surface area contributed by atoms with Crippen LogP contribution in [-0.4, -0.2) is 0 Å². The minimum atomic E-state index is 0. The van der Waals surface area contributed by atoms with Gasteiger partial charge in [0.15, 0.2) is 0 Å². The molecule has 0 aliphatic carbocycles. The van der Waals surface area contributed by atoms with Gasteiger partial charge in [-0.1, -0.05) is 30.3 Å². The minimum Gasteiger partial charge on any atom is -0.324 e. The zero-order valence-corrected chi connectivity index (χ0v) is 7.99. The molecule has 3 heteroatoms. The van der Waals surface area contributed by atoms with Gasteiger partial charge in [-0.15, -0.1) is 24.8 Å². The first-order chi connectivity index (χ1) is 4.30. The Morgan fingerprint density at radius 2 is 1.55 bits per heavy atom. The number of hydrogen-bond acceptors (Lipinski definition) is 1. The number of hydrogen-bond donors (Lipinski definition) is 1. The van der Waals surface area contributed by atoms with Crippen molar-refractivity contribution < 1.29 is 0 Å².